The Morgan fingerprint density at radius 3 is 2.47 bits per heavy atom. The zero-order valence-corrected chi connectivity index (χ0v) is 23.4. The van der Waals surface area contributed by atoms with Crippen molar-refractivity contribution in [1.29, 1.82) is 0 Å². The van der Waals surface area contributed by atoms with Crippen molar-refractivity contribution < 1.29 is 19.1 Å². The van der Waals surface area contributed by atoms with Gasteiger partial charge in [0.2, 0.25) is 0 Å². The molecule has 10 heteroatoms. The predicted molar refractivity (Wildman–Crippen MR) is 149 cm³/mol. The molecule has 0 aliphatic carbocycles. The minimum Gasteiger partial charge on any atom is -0.462 e. The van der Waals surface area contributed by atoms with Gasteiger partial charge in [0.05, 0.1) is 39.5 Å². The van der Waals surface area contributed by atoms with Gasteiger partial charge in [-0.05, 0) is 44.9 Å². The highest BCUT2D eigenvalue weighted by molar-refractivity contribution is 7.18. The molecular weight excluding hydrogens is 502 g/mol. The molecule has 0 atom stereocenters. The Kier molecular flexibility index (Phi) is 7.63. The maximum atomic E-state index is 13.8. The van der Waals surface area contributed by atoms with Gasteiger partial charge < -0.3 is 15.0 Å². The van der Waals surface area contributed by atoms with Crippen molar-refractivity contribution >= 4 is 45.0 Å². The van der Waals surface area contributed by atoms with Crippen LogP contribution in [-0.2, 0) is 11.8 Å². The third-order valence-corrected chi connectivity index (χ3v) is 7.54. The summed E-state index contributed by atoms with van der Waals surface area (Å²) in [4.78, 5) is 46.2. The molecule has 0 unspecified atom stereocenters. The van der Waals surface area contributed by atoms with E-state index in [0.717, 1.165) is 28.3 Å². The van der Waals surface area contributed by atoms with Gasteiger partial charge in [-0.1, -0.05) is 25.1 Å². The normalized spacial score (nSPS) is 11.0. The molecule has 0 fully saturated rings. The molecule has 198 valence electrons. The SMILES string of the molecule is CCCOC(=O)c1c(NC(=O)c2cc(-c3c(C)nn(C)c3C)nc3ccccc23)sc(C(=O)N(C)C)c1C. The lowest BCUT2D eigenvalue weighted by atomic mass is 10.0. The van der Waals surface area contributed by atoms with Crippen molar-refractivity contribution in [2.24, 2.45) is 7.05 Å². The maximum absolute atomic E-state index is 13.8. The van der Waals surface area contributed by atoms with Crippen LogP contribution in [0.1, 0.15) is 60.7 Å². The highest BCUT2D eigenvalue weighted by atomic mass is 32.1. The smallest absolute Gasteiger partial charge is 0.341 e. The van der Waals surface area contributed by atoms with Crippen LogP contribution in [0, 0.1) is 20.8 Å². The van der Waals surface area contributed by atoms with Gasteiger partial charge in [-0.2, -0.15) is 5.10 Å². The minimum atomic E-state index is -0.574. The summed E-state index contributed by atoms with van der Waals surface area (Å²) in [6, 6.07) is 9.15. The molecule has 1 N–H and O–H groups in total. The molecule has 0 spiro atoms. The van der Waals surface area contributed by atoms with E-state index in [2.05, 4.69) is 10.4 Å². The molecule has 0 saturated heterocycles. The number of hydrogen-bond donors (Lipinski definition) is 1. The van der Waals surface area contributed by atoms with Crippen molar-refractivity contribution in [3.63, 3.8) is 0 Å². The van der Waals surface area contributed by atoms with Crippen LogP contribution in [0.5, 0.6) is 0 Å². The highest BCUT2D eigenvalue weighted by Gasteiger charge is 2.28. The summed E-state index contributed by atoms with van der Waals surface area (Å²) < 4.78 is 7.17. The standard InChI is InChI=1S/C28H31N5O4S/c1-8-13-37-28(36)22-15(2)24(27(35)32(5)6)38-26(22)30-25(34)19-14-21(23-16(3)31-33(7)17(23)4)29-20-12-10-9-11-18(19)20/h9-12,14H,8,13H2,1-7H3,(H,30,34). The topological polar surface area (TPSA) is 106 Å². The van der Waals surface area contributed by atoms with Crippen LogP contribution in [0.25, 0.3) is 22.2 Å². The molecule has 0 bridgehead atoms. The molecule has 3 aromatic heterocycles. The zero-order valence-electron chi connectivity index (χ0n) is 22.6. The number of ether oxygens (including phenoxy) is 1. The number of aromatic nitrogens is 3. The average molecular weight is 534 g/mol. The number of carbonyl (C=O) groups excluding carboxylic acids is 3. The number of aryl methyl sites for hydroxylation is 2. The van der Waals surface area contributed by atoms with E-state index in [-0.39, 0.29) is 23.1 Å². The first-order valence-corrected chi connectivity index (χ1v) is 13.1. The Morgan fingerprint density at radius 1 is 1.13 bits per heavy atom. The molecular formula is C28H31N5O4S. The van der Waals surface area contributed by atoms with E-state index in [1.807, 2.05) is 52.1 Å². The van der Waals surface area contributed by atoms with Gasteiger partial charge in [0.1, 0.15) is 5.00 Å². The zero-order chi connectivity index (χ0) is 27.7. The largest absolute Gasteiger partial charge is 0.462 e. The van der Waals surface area contributed by atoms with Crippen LogP contribution < -0.4 is 5.32 Å². The molecule has 3 heterocycles. The van der Waals surface area contributed by atoms with Crippen molar-refractivity contribution in [2.75, 3.05) is 26.0 Å². The van der Waals surface area contributed by atoms with Crippen LogP contribution in [0.3, 0.4) is 0 Å². The number of rotatable bonds is 7. The number of carbonyl (C=O) groups is 3. The Morgan fingerprint density at radius 2 is 1.84 bits per heavy atom. The van der Waals surface area contributed by atoms with Crippen LogP contribution in [0.4, 0.5) is 5.00 Å². The lowest BCUT2D eigenvalue weighted by molar-refractivity contribution is 0.0506. The number of thiophene rings is 1. The van der Waals surface area contributed by atoms with E-state index in [1.54, 1.807) is 31.8 Å². The summed E-state index contributed by atoms with van der Waals surface area (Å²) in [5.41, 5.74) is 4.96. The van der Waals surface area contributed by atoms with Gasteiger partial charge >= 0.3 is 5.97 Å². The monoisotopic (exact) mass is 533 g/mol. The minimum absolute atomic E-state index is 0.194. The second kappa shape index (κ2) is 10.7. The number of para-hydroxylation sites is 1. The fourth-order valence-corrected chi connectivity index (χ4v) is 5.54. The number of fused-ring (bicyclic) bond motifs is 1. The molecule has 4 rings (SSSR count). The van der Waals surface area contributed by atoms with Crippen LogP contribution in [-0.4, -0.2) is 58.2 Å². The van der Waals surface area contributed by atoms with E-state index in [1.165, 1.54) is 4.90 Å². The van der Waals surface area contributed by atoms with Gasteiger partial charge in [-0.3, -0.25) is 14.3 Å². The van der Waals surface area contributed by atoms with Gasteiger partial charge in [0.25, 0.3) is 11.8 Å². The van der Waals surface area contributed by atoms with Crippen molar-refractivity contribution in [1.82, 2.24) is 19.7 Å². The van der Waals surface area contributed by atoms with E-state index in [4.69, 9.17) is 9.72 Å². The number of anilines is 1. The number of esters is 1. The quantitative estimate of drug-likeness (QED) is 0.330. The van der Waals surface area contributed by atoms with Gasteiger partial charge in [0, 0.05) is 37.8 Å². The Labute approximate surface area is 225 Å². The average Bonchev–Trinajstić information content (AvgIpc) is 3.34. The summed E-state index contributed by atoms with van der Waals surface area (Å²) in [5.74, 6) is -1.24. The van der Waals surface area contributed by atoms with E-state index in [9.17, 15) is 14.4 Å². The maximum Gasteiger partial charge on any atom is 0.341 e. The first-order chi connectivity index (χ1) is 18.0. The molecule has 2 amide bonds. The summed E-state index contributed by atoms with van der Waals surface area (Å²) in [7, 11) is 5.15. The van der Waals surface area contributed by atoms with E-state index < -0.39 is 11.9 Å². The van der Waals surface area contributed by atoms with Crippen molar-refractivity contribution in [3.05, 3.63) is 63.3 Å². The fraction of sp³-hybridized carbons (Fsp3) is 0.321. The third kappa shape index (κ3) is 4.91. The molecule has 9 nitrogen and oxygen atoms in total. The van der Waals surface area contributed by atoms with E-state index in [0.29, 0.717) is 39.0 Å². The number of pyridine rings is 1. The molecule has 0 radical (unpaired) electrons. The first kappa shape index (κ1) is 27.0. The van der Waals surface area contributed by atoms with Crippen LogP contribution in [0.2, 0.25) is 0 Å². The molecule has 0 saturated carbocycles. The summed E-state index contributed by atoms with van der Waals surface area (Å²) in [6.45, 7) is 7.69. The predicted octanol–water partition coefficient (Wildman–Crippen LogP) is 5.14. The second-order valence-corrected chi connectivity index (χ2v) is 10.3. The van der Waals surface area contributed by atoms with Gasteiger partial charge in [-0.15, -0.1) is 11.3 Å². The summed E-state index contributed by atoms with van der Waals surface area (Å²) in [5, 5.41) is 8.34. The Balaban J connectivity index is 1.83. The first-order valence-electron chi connectivity index (χ1n) is 12.3. The fourth-order valence-electron chi connectivity index (χ4n) is 4.33. The lowest BCUT2D eigenvalue weighted by Crippen LogP contribution is -2.21. The number of nitrogens with one attached hydrogen (secondary N) is 1. The number of hydrogen-bond acceptors (Lipinski definition) is 7. The molecule has 38 heavy (non-hydrogen) atoms. The highest BCUT2D eigenvalue weighted by Crippen LogP contribution is 2.36. The van der Waals surface area contributed by atoms with E-state index >= 15 is 0 Å². The van der Waals surface area contributed by atoms with Gasteiger partial charge in [-0.25, -0.2) is 9.78 Å². The lowest BCUT2D eigenvalue weighted by Gasteiger charge is -2.11. The number of amides is 2. The van der Waals surface area contributed by atoms with Crippen molar-refractivity contribution in [3.8, 4) is 11.3 Å². The molecule has 0 aliphatic heterocycles. The van der Waals surface area contributed by atoms with Crippen molar-refractivity contribution in [2.45, 2.75) is 34.1 Å². The summed E-state index contributed by atoms with van der Waals surface area (Å²) in [6.07, 6.45) is 0.652. The summed E-state index contributed by atoms with van der Waals surface area (Å²) >= 11 is 1.07. The van der Waals surface area contributed by atoms with Gasteiger partial charge in [0.15, 0.2) is 0 Å². The van der Waals surface area contributed by atoms with Crippen LogP contribution >= 0.6 is 11.3 Å². The molecule has 4 aromatic rings. The second-order valence-electron chi connectivity index (χ2n) is 9.29. The molecule has 0 aliphatic rings. The number of benzene rings is 1. The molecule has 1 aromatic carbocycles. The Hall–Kier alpha value is -4.05. The number of nitrogens with zero attached hydrogens (tertiary/aromatic N) is 4. The Bertz CT molecular complexity index is 1570. The third-order valence-electron chi connectivity index (χ3n) is 6.34. The van der Waals surface area contributed by atoms with Crippen LogP contribution in [0.15, 0.2) is 30.3 Å².